The van der Waals surface area contributed by atoms with E-state index in [0.717, 1.165) is 11.3 Å². The quantitative estimate of drug-likeness (QED) is 0.372. The van der Waals surface area contributed by atoms with Crippen LogP contribution in [0.15, 0.2) is 47.9 Å². The van der Waals surface area contributed by atoms with Crippen LogP contribution < -0.4 is 20.7 Å². The molecule has 1 aliphatic heterocycles. The van der Waals surface area contributed by atoms with E-state index in [1.54, 1.807) is 37.7 Å². The van der Waals surface area contributed by atoms with Crippen molar-refractivity contribution in [2.75, 3.05) is 32.2 Å². The largest absolute Gasteiger partial charge is 0.489 e. The molecule has 1 aromatic carbocycles. The molecule has 1 aliphatic rings. The Balaban J connectivity index is 1.78. The molecule has 0 saturated carbocycles. The number of aromatic nitrogens is 1. The van der Waals surface area contributed by atoms with E-state index >= 15 is 0 Å². The van der Waals surface area contributed by atoms with Gasteiger partial charge in [-0.05, 0) is 18.2 Å². The van der Waals surface area contributed by atoms with Gasteiger partial charge in [0.2, 0.25) is 0 Å². The number of nitrogens with zero attached hydrogens (tertiary/aromatic N) is 1. The fourth-order valence-electron chi connectivity index (χ4n) is 2.98. The highest BCUT2D eigenvalue weighted by molar-refractivity contribution is 7.81. The first kappa shape index (κ1) is 23.3. The number of ether oxygens (including phenoxy) is 2. The van der Waals surface area contributed by atoms with E-state index in [1.165, 1.54) is 0 Å². The van der Waals surface area contributed by atoms with Crippen molar-refractivity contribution >= 4 is 52.0 Å². The second kappa shape index (κ2) is 11.3. The van der Waals surface area contributed by atoms with Gasteiger partial charge in [-0.3, -0.25) is 9.78 Å². The summed E-state index contributed by atoms with van der Waals surface area (Å²) in [4.78, 5) is 17.0. The average molecular weight is 481 g/mol. The third-order valence-electron chi connectivity index (χ3n) is 4.52. The lowest BCUT2D eigenvalue weighted by molar-refractivity contribution is -0.117. The molecule has 10 heteroatoms. The van der Waals surface area contributed by atoms with Gasteiger partial charge in [0.1, 0.15) is 17.3 Å². The van der Waals surface area contributed by atoms with Crippen molar-refractivity contribution in [3.63, 3.8) is 0 Å². The number of pyridine rings is 1. The van der Waals surface area contributed by atoms with Crippen LogP contribution in [0.25, 0.3) is 0 Å². The Morgan fingerprint density at radius 1 is 1.29 bits per heavy atom. The third-order valence-corrected chi connectivity index (χ3v) is 5.65. The number of hydrogen-bond acceptors (Lipinski definition) is 6. The lowest BCUT2D eigenvalue weighted by Crippen LogP contribution is -2.39. The van der Waals surface area contributed by atoms with E-state index in [9.17, 15) is 4.79 Å². The Labute approximate surface area is 196 Å². The Kier molecular flexibility index (Phi) is 8.48. The number of benzene rings is 1. The molecular weight excluding hydrogens is 459 g/mol. The molecule has 31 heavy (non-hydrogen) atoms. The molecular formula is C21H22Cl2N4O3S. The van der Waals surface area contributed by atoms with Crippen molar-refractivity contribution < 1.29 is 14.3 Å². The fraction of sp³-hybridized carbons (Fsp3) is 0.286. The minimum Gasteiger partial charge on any atom is -0.489 e. The van der Waals surface area contributed by atoms with Crippen LogP contribution in [0.2, 0.25) is 10.0 Å². The van der Waals surface area contributed by atoms with Crippen LogP contribution in [0.1, 0.15) is 12.0 Å². The predicted octanol–water partition coefficient (Wildman–Crippen LogP) is 3.72. The van der Waals surface area contributed by atoms with Crippen molar-refractivity contribution in [2.45, 2.75) is 13.0 Å². The van der Waals surface area contributed by atoms with Gasteiger partial charge >= 0.3 is 0 Å². The molecule has 0 fully saturated rings. The summed E-state index contributed by atoms with van der Waals surface area (Å²) in [5.41, 5.74) is 2.54. The van der Waals surface area contributed by atoms with E-state index in [4.69, 9.17) is 44.9 Å². The maximum absolute atomic E-state index is 12.6. The van der Waals surface area contributed by atoms with Crippen LogP contribution in [0, 0.1) is 0 Å². The molecule has 2 heterocycles. The van der Waals surface area contributed by atoms with Gasteiger partial charge < -0.3 is 25.4 Å². The van der Waals surface area contributed by atoms with Crippen molar-refractivity contribution in [1.29, 1.82) is 0 Å². The summed E-state index contributed by atoms with van der Waals surface area (Å²) in [6.07, 6.45) is 3.95. The summed E-state index contributed by atoms with van der Waals surface area (Å²) in [6, 6.07) is 7.04. The smallest absolute Gasteiger partial charge is 0.256 e. The normalized spacial score (nSPS) is 13.6. The number of rotatable bonds is 9. The van der Waals surface area contributed by atoms with E-state index in [0.29, 0.717) is 59.8 Å². The molecule has 0 radical (unpaired) electrons. The second-order valence-electron chi connectivity index (χ2n) is 6.59. The lowest BCUT2D eigenvalue weighted by atomic mass is 10.1. The number of thiocarbonyl (C=S) groups is 1. The summed E-state index contributed by atoms with van der Waals surface area (Å²) in [7, 11) is 1.62. The first-order valence-electron chi connectivity index (χ1n) is 9.56. The molecule has 1 aromatic heterocycles. The van der Waals surface area contributed by atoms with Crippen molar-refractivity contribution in [1.82, 2.24) is 15.6 Å². The highest BCUT2D eigenvalue weighted by atomic mass is 35.5. The van der Waals surface area contributed by atoms with Gasteiger partial charge in [0, 0.05) is 44.1 Å². The monoisotopic (exact) mass is 480 g/mol. The van der Waals surface area contributed by atoms with Crippen LogP contribution in [-0.2, 0) is 16.1 Å². The molecule has 0 aliphatic carbocycles. The molecule has 0 spiro atoms. The number of carbonyl (C=O) groups excluding carboxylic acids is 1. The molecule has 0 bridgehead atoms. The maximum Gasteiger partial charge on any atom is 0.256 e. The molecule has 164 valence electrons. The average Bonchev–Trinajstić information content (AvgIpc) is 2.76. The first-order chi connectivity index (χ1) is 15.0. The zero-order valence-electron chi connectivity index (χ0n) is 16.8. The van der Waals surface area contributed by atoms with Gasteiger partial charge in [-0.15, -0.1) is 0 Å². The van der Waals surface area contributed by atoms with Crippen molar-refractivity contribution in [3.05, 3.63) is 63.5 Å². The number of anilines is 1. The molecule has 0 unspecified atom stereocenters. The standard InChI is InChI=1S/C21H22Cl2N4O3S/c1-29-9-10-30-17-12-24-7-5-13(17)11-26-15-6-8-25-20(28)18(15)21(31)27-16-4-2-3-14(22)19(16)23/h2-5,7,12,26H,6,8-11H2,1H3,(H,25,28)(H,27,31). The Morgan fingerprint density at radius 2 is 2.13 bits per heavy atom. The number of amides is 1. The van der Waals surface area contributed by atoms with Crippen LogP contribution in [0.4, 0.5) is 5.69 Å². The molecule has 3 N–H and O–H groups in total. The number of halogens is 2. The van der Waals surface area contributed by atoms with Gasteiger partial charge in [0.25, 0.3) is 5.91 Å². The number of hydrogen-bond donors (Lipinski definition) is 3. The summed E-state index contributed by atoms with van der Waals surface area (Å²) in [6.45, 7) is 1.85. The van der Waals surface area contributed by atoms with Gasteiger partial charge in [0.05, 0.1) is 34.1 Å². The first-order valence-corrected chi connectivity index (χ1v) is 10.7. The summed E-state index contributed by atoms with van der Waals surface area (Å²) in [5, 5.41) is 9.93. The topological polar surface area (TPSA) is 84.5 Å². The van der Waals surface area contributed by atoms with E-state index in [2.05, 4.69) is 20.9 Å². The number of carbonyl (C=O) groups is 1. The highest BCUT2D eigenvalue weighted by Crippen LogP contribution is 2.30. The maximum atomic E-state index is 12.6. The predicted molar refractivity (Wildman–Crippen MR) is 126 cm³/mol. The van der Waals surface area contributed by atoms with Gasteiger partial charge in [0.15, 0.2) is 0 Å². The van der Waals surface area contributed by atoms with Gasteiger partial charge in [-0.1, -0.05) is 41.5 Å². The van der Waals surface area contributed by atoms with Crippen molar-refractivity contribution in [3.8, 4) is 5.75 Å². The van der Waals surface area contributed by atoms with Crippen LogP contribution in [0.5, 0.6) is 5.75 Å². The van der Waals surface area contributed by atoms with Gasteiger partial charge in [-0.2, -0.15) is 0 Å². The fourth-order valence-corrected chi connectivity index (χ4v) is 3.65. The lowest BCUT2D eigenvalue weighted by Gasteiger charge is -2.23. The Hall–Kier alpha value is -2.39. The highest BCUT2D eigenvalue weighted by Gasteiger charge is 2.24. The minimum absolute atomic E-state index is 0.254. The summed E-state index contributed by atoms with van der Waals surface area (Å²) in [5.74, 6) is 0.400. The van der Waals surface area contributed by atoms with Crippen LogP contribution in [0.3, 0.4) is 0 Å². The molecule has 0 atom stereocenters. The number of nitrogens with one attached hydrogen (secondary N) is 3. The minimum atomic E-state index is -0.254. The van der Waals surface area contributed by atoms with Crippen LogP contribution >= 0.6 is 35.4 Å². The SMILES string of the molecule is COCCOc1cnccc1CNC1=C(C(=S)Nc2cccc(Cl)c2Cl)C(=O)NCC1. The molecule has 7 nitrogen and oxygen atoms in total. The zero-order valence-corrected chi connectivity index (χ0v) is 19.2. The second-order valence-corrected chi connectivity index (χ2v) is 7.79. The van der Waals surface area contributed by atoms with E-state index in [-0.39, 0.29) is 10.9 Å². The Morgan fingerprint density at radius 3 is 2.94 bits per heavy atom. The molecule has 0 saturated heterocycles. The van der Waals surface area contributed by atoms with Crippen molar-refractivity contribution in [2.24, 2.45) is 0 Å². The third kappa shape index (κ3) is 6.07. The van der Waals surface area contributed by atoms with Crippen LogP contribution in [-0.4, -0.2) is 42.7 Å². The Bertz CT molecular complexity index is 1000. The van der Waals surface area contributed by atoms with E-state index in [1.807, 2.05) is 6.07 Å². The number of methoxy groups -OCH3 is 1. The molecule has 3 rings (SSSR count). The summed E-state index contributed by atoms with van der Waals surface area (Å²) < 4.78 is 10.8. The summed E-state index contributed by atoms with van der Waals surface area (Å²) >= 11 is 17.8. The zero-order chi connectivity index (χ0) is 22.2. The molecule has 1 amide bonds. The van der Waals surface area contributed by atoms with Gasteiger partial charge in [-0.25, -0.2) is 0 Å². The van der Waals surface area contributed by atoms with E-state index < -0.39 is 0 Å². The molecule has 2 aromatic rings.